The van der Waals surface area contributed by atoms with Gasteiger partial charge >= 0.3 is 0 Å². The Morgan fingerprint density at radius 2 is 2.25 bits per heavy atom. The molecule has 0 spiro atoms. The molecule has 6 nitrogen and oxygen atoms in total. The highest BCUT2D eigenvalue weighted by Crippen LogP contribution is 2.28. The molecule has 0 aliphatic carbocycles. The predicted octanol–water partition coefficient (Wildman–Crippen LogP) is -1.47. The van der Waals surface area contributed by atoms with Gasteiger partial charge in [-0.2, -0.15) is 0 Å². The Morgan fingerprint density at radius 3 is 2.81 bits per heavy atom. The third-order valence-corrected chi connectivity index (χ3v) is 2.43. The van der Waals surface area contributed by atoms with Crippen LogP contribution in [0.5, 0.6) is 0 Å². The van der Waals surface area contributed by atoms with E-state index in [4.69, 9.17) is 7.48 Å². The van der Waals surface area contributed by atoms with Crippen molar-refractivity contribution in [1.29, 1.82) is 0 Å². The highest BCUT2D eigenvalue weighted by Gasteiger charge is 2.54. The van der Waals surface area contributed by atoms with E-state index in [2.05, 4.69) is 0 Å². The second-order valence-corrected chi connectivity index (χ2v) is 3.49. The largest absolute Gasteiger partial charge is 0.491 e. The van der Waals surface area contributed by atoms with Gasteiger partial charge in [-0.25, -0.2) is 0 Å². The maximum atomic E-state index is 11.5. The third kappa shape index (κ3) is 1.87. The van der Waals surface area contributed by atoms with E-state index >= 15 is 0 Å². The minimum absolute atomic E-state index is 0.758. The zero-order valence-electron chi connectivity index (χ0n) is 10.4. The Bertz CT molecular complexity index is 371. The first-order valence-corrected chi connectivity index (χ1v) is 4.44. The summed E-state index contributed by atoms with van der Waals surface area (Å²) >= 11 is 0. The van der Waals surface area contributed by atoms with Crippen molar-refractivity contribution in [3.05, 3.63) is 12.3 Å². The quantitative estimate of drug-likeness (QED) is 0.549. The summed E-state index contributed by atoms with van der Waals surface area (Å²) in [7, 11) is 0. The Balaban J connectivity index is 3.11. The van der Waals surface area contributed by atoms with Crippen LogP contribution in [0.2, 0.25) is 0 Å². The van der Waals surface area contributed by atoms with Crippen LogP contribution in [-0.2, 0) is 14.3 Å². The number of carbonyl (C=O) groups excluding carboxylic acids is 2. The lowest BCUT2D eigenvalue weighted by molar-refractivity contribution is -0.188. The number of ether oxygens (including phenoxy) is 1. The fraction of sp³-hybridized carbons (Fsp3) is 0.600. The molecule has 90 valence electrons. The van der Waals surface area contributed by atoms with Crippen molar-refractivity contribution in [3.63, 3.8) is 0 Å². The lowest BCUT2D eigenvalue weighted by Crippen LogP contribution is -2.63. The van der Waals surface area contributed by atoms with Gasteiger partial charge in [0, 0.05) is 2.74 Å². The van der Waals surface area contributed by atoms with E-state index in [1.54, 1.807) is 0 Å². The molecule has 6 heteroatoms. The van der Waals surface area contributed by atoms with E-state index in [1.165, 1.54) is 0 Å². The van der Waals surface area contributed by atoms with Gasteiger partial charge in [-0.1, -0.05) is 0 Å². The first-order valence-electron chi connectivity index (χ1n) is 5.86. The summed E-state index contributed by atoms with van der Waals surface area (Å²) in [5, 5.41) is 29.4. The van der Waals surface area contributed by atoms with E-state index in [0.29, 0.717) is 0 Å². The zero-order chi connectivity index (χ0) is 13.9. The van der Waals surface area contributed by atoms with Crippen LogP contribution in [0.15, 0.2) is 12.3 Å². The number of rotatable bonds is 3. The summed E-state index contributed by atoms with van der Waals surface area (Å²) in [6.07, 6.45) is -3.43. The average Bonchev–Trinajstić information content (AvgIpc) is 2.39. The Kier molecular flexibility index (Phi) is 2.69. The van der Waals surface area contributed by atoms with Gasteiger partial charge in [0.25, 0.3) is 0 Å². The van der Waals surface area contributed by atoms with Gasteiger partial charge in [0.1, 0.15) is 6.10 Å². The number of hydrogen-bond donors (Lipinski definition) is 3. The number of hydrogen-bond acceptors (Lipinski definition) is 6. The fourth-order valence-electron chi connectivity index (χ4n) is 1.43. The molecule has 0 radical (unpaired) electrons. The van der Waals surface area contributed by atoms with Crippen molar-refractivity contribution in [2.24, 2.45) is 0 Å². The average molecular weight is 232 g/mol. The van der Waals surface area contributed by atoms with E-state index < -0.39 is 49.3 Å². The summed E-state index contributed by atoms with van der Waals surface area (Å²) in [6.45, 7) is -1.60. The number of ketones is 2. The van der Waals surface area contributed by atoms with E-state index in [9.17, 15) is 24.9 Å². The second-order valence-electron chi connectivity index (χ2n) is 3.49. The van der Waals surface area contributed by atoms with Gasteiger partial charge in [-0.05, 0) is 19.9 Å². The first-order chi connectivity index (χ1) is 8.39. The molecular weight excluding hydrogens is 216 g/mol. The maximum Gasteiger partial charge on any atom is 0.192 e. The van der Waals surface area contributed by atoms with Crippen molar-refractivity contribution < 1.29 is 32.4 Å². The molecule has 1 aliphatic heterocycles. The molecule has 0 aromatic heterocycles. The number of aliphatic hydroxyl groups is 3. The summed E-state index contributed by atoms with van der Waals surface area (Å²) in [5.74, 6) is -2.04. The minimum Gasteiger partial charge on any atom is -0.491 e. The highest BCUT2D eigenvalue weighted by atomic mass is 16.5. The molecule has 0 amide bonds. The molecule has 0 fully saturated rings. The van der Waals surface area contributed by atoms with Gasteiger partial charge in [0.2, 0.25) is 0 Å². The molecule has 0 saturated heterocycles. The smallest absolute Gasteiger partial charge is 0.192 e. The monoisotopic (exact) mass is 232 g/mol. The Labute approximate surface area is 95.0 Å². The van der Waals surface area contributed by atoms with Gasteiger partial charge in [-0.3, -0.25) is 9.59 Å². The van der Waals surface area contributed by atoms with Crippen LogP contribution in [0.4, 0.5) is 0 Å². The second kappa shape index (κ2) is 4.32. The van der Waals surface area contributed by atoms with Gasteiger partial charge in [-0.15, -0.1) is 0 Å². The normalized spacial score (nSPS) is 36.9. The molecule has 16 heavy (non-hydrogen) atoms. The van der Waals surface area contributed by atoms with Gasteiger partial charge in [0.15, 0.2) is 29.4 Å². The number of Topliss-reactive ketones (excluding diaryl/α,β-unsaturated/α-hetero) is 2. The fourth-order valence-corrected chi connectivity index (χ4v) is 1.43. The SMILES string of the molecule is [2H]CC(=O)C(O)[C@H]1OC=C[C@@H](O)[C@@]1(O)C(=O)C[2H]. The van der Waals surface area contributed by atoms with Crippen LogP contribution >= 0.6 is 0 Å². The van der Waals surface area contributed by atoms with Crippen LogP contribution in [0.1, 0.15) is 16.5 Å². The van der Waals surface area contributed by atoms with Crippen molar-refractivity contribution in [2.75, 3.05) is 0 Å². The topological polar surface area (TPSA) is 104 Å². The van der Waals surface area contributed by atoms with E-state index in [1.807, 2.05) is 0 Å². The van der Waals surface area contributed by atoms with E-state index in [-0.39, 0.29) is 0 Å². The van der Waals surface area contributed by atoms with Crippen LogP contribution in [0.3, 0.4) is 0 Å². The van der Waals surface area contributed by atoms with Crippen LogP contribution < -0.4 is 0 Å². The zero-order valence-corrected chi connectivity index (χ0v) is 8.37. The molecule has 1 heterocycles. The summed E-state index contributed by atoms with van der Waals surface area (Å²) in [4.78, 5) is 22.8. The lowest BCUT2D eigenvalue weighted by atomic mass is 9.81. The summed E-state index contributed by atoms with van der Waals surface area (Å²) in [5.41, 5.74) is -2.57. The van der Waals surface area contributed by atoms with Crippen LogP contribution in [0.25, 0.3) is 0 Å². The first kappa shape index (κ1) is 9.95. The van der Waals surface area contributed by atoms with Crippen molar-refractivity contribution in [3.8, 4) is 0 Å². The van der Waals surface area contributed by atoms with Crippen molar-refractivity contribution in [2.45, 2.75) is 37.7 Å². The summed E-state index contributed by atoms with van der Waals surface area (Å²) in [6, 6.07) is 0. The molecule has 0 bridgehead atoms. The van der Waals surface area contributed by atoms with Crippen LogP contribution in [0, 0.1) is 0 Å². The molecule has 0 aromatic rings. The van der Waals surface area contributed by atoms with E-state index in [0.717, 1.165) is 12.3 Å². The molecule has 0 saturated carbocycles. The van der Waals surface area contributed by atoms with Gasteiger partial charge < -0.3 is 20.1 Å². The predicted molar refractivity (Wildman–Crippen MR) is 52.3 cm³/mol. The molecule has 0 aromatic carbocycles. The van der Waals surface area contributed by atoms with Gasteiger partial charge in [0.05, 0.1) is 6.26 Å². The Morgan fingerprint density at radius 1 is 1.56 bits per heavy atom. The standard InChI is InChI=1S/C10H14O6/c1-5(11)8(14)9-10(15,6(2)12)7(13)3-4-16-9/h3-4,7-9,13-15H,1-2H3/t7-,8?,9-,10+/m1/s1/i1D,2D. The molecule has 1 unspecified atom stereocenters. The molecule has 3 N–H and O–H groups in total. The summed E-state index contributed by atoms with van der Waals surface area (Å²) < 4.78 is 18.6. The lowest BCUT2D eigenvalue weighted by Gasteiger charge is -2.39. The van der Waals surface area contributed by atoms with Crippen molar-refractivity contribution >= 4 is 11.6 Å². The minimum atomic E-state index is -2.57. The highest BCUT2D eigenvalue weighted by molar-refractivity contribution is 5.89. The molecule has 1 aliphatic rings. The van der Waals surface area contributed by atoms with Crippen LogP contribution in [-0.4, -0.2) is 50.8 Å². The number of aliphatic hydroxyl groups excluding tert-OH is 2. The maximum absolute atomic E-state index is 11.5. The van der Waals surface area contributed by atoms with Crippen molar-refractivity contribution in [1.82, 2.24) is 0 Å². The molecule has 4 atom stereocenters. The molecule has 1 rings (SSSR count). The molecular formula is C10H14O6. The Hall–Kier alpha value is -1.24. The number of carbonyl (C=O) groups is 2. The third-order valence-electron chi connectivity index (χ3n) is 2.43.